The van der Waals surface area contributed by atoms with Crippen molar-refractivity contribution in [3.05, 3.63) is 307 Å². The Balaban J connectivity index is 0.840. The second-order valence-electron chi connectivity index (χ2n) is 19.2. The van der Waals surface area contributed by atoms with Gasteiger partial charge in [-0.1, -0.05) is 231 Å². The highest BCUT2D eigenvalue weighted by Gasteiger charge is 2.46. The maximum absolute atomic E-state index is 6.46. The van der Waals surface area contributed by atoms with Crippen molar-refractivity contribution in [2.45, 2.75) is 5.41 Å². The van der Waals surface area contributed by atoms with Crippen LogP contribution in [-0.2, 0) is 5.41 Å². The Labute approximate surface area is 425 Å². The molecule has 1 aliphatic rings. The van der Waals surface area contributed by atoms with Crippen LogP contribution in [0.5, 0.6) is 0 Å². The van der Waals surface area contributed by atoms with Gasteiger partial charge in [0.2, 0.25) is 0 Å². The minimum absolute atomic E-state index is 0.498. The van der Waals surface area contributed by atoms with Crippen LogP contribution in [0.25, 0.3) is 88.3 Å². The van der Waals surface area contributed by atoms with Gasteiger partial charge in [0.25, 0.3) is 0 Å². The second-order valence-corrected chi connectivity index (χ2v) is 19.2. The van der Waals surface area contributed by atoms with Crippen LogP contribution < -0.4 is 4.90 Å². The maximum Gasteiger partial charge on any atom is 0.143 e. The molecule has 12 aromatic carbocycles. The van der Waals surface area contributed by atoms with E-state index in [1.807, 2.05) is 12.1 Å². The lowest BCUT2D eigenvalue weighted by Gasteiger charge is -2.34. The van der Waals surface area contributed by atoms with Gasteiger partial charge < -0.3 is 9.32 Å². The van der Waals surface area contributed by atoms with E-state index in [-0.39, 0.29) is 0 Å². The highest BCUT2D eigenvalue weighted by Crippen LogP contribution is 2.57. The first-order valence-electron chi connectivity index (χ1n) is 25.1. The standard InChI is InChI=1S/C71H47NO/c1-3-14-48(15-4-1)50-30-39-59(40-31-50)72(61-43-34-53(35-44-61)62-22-13-23-65-64-21-10-12-25-69(64)73-70(62)65)60-41-32-52(33-42-60)56-36-45-68-66(47-56)63-20-9-11-24-67(63)71(68,57-18-5-2-6-19-57)58-37-28-51(29-38-58)55-27-26-49-16-7-8-17-54(49)46-55/h1-47H. The van der Waals surface area contributed by atoms with E-state index < -0.39 is 5.41 Å². The lowest BCUT2D eigenvalue weighted by atomic mass is 9.67. The summed E-state index contributed by atoms with van der Waals surface area (Å²) >= 11 is 0. The van der Waals surface area contributed by atoms with Gasteiger partial charge in [0, 0.05) is 33.4 Å². The summed E-state index contributed by atoms with van der Waals surface area (Å²) in [6, 6.07) is 104. The van der Waals surface area contributed by atoms with Crippen LogP contribution in [0.15, 0.2) is 290 Å². The maximum atomic E-state index is 6.46. The largest absolute Gasteiger partial charge is 0.455 e. The zero-order valence-electron chi connectivity index (χ0n) is 40.0. The molecule has 0 N–H and O–H groups in total. The number of hydrogen-bond donors (Lipinski definition) is 0. The van der Waals surface area contributed by atoms with Crippen molar-refractivity contribution in [2.24, 2.45) is 0 Å². The molecule has 1 atom stereocenters. The van der Waals surface area contributed by atoms with Gasteiger partial charge in [-0.2, -0.15) is 0 Å². The second kappa shape index (κ2) is 17.4. The molecule has 1 heterocycles. The third-order valence-electron chi connectivity index (χ3n) is 15.2. The molecule has 2 nitrogen and oxygen atoms in total. The quantitative estimate of drug-likeness (QED) is 0.143. The molecule has 2 heteroatoms. The average Bonchev–Trinajstić information content (AvgIpc) is 4.00. The van der Waals surface area contributed by atoms with E-state index in [1.165, 1.54) is 72.0 Å². The first-order chi connectivity index (χ1) is 36.2. The third kappa shape index (κ3) is 7.10. The van der Waals surface area contributed by atoms with Crippen LogP contribution >= 0.6 is 0 Å². The fraction of sp³-hybridized carbons (Fsp3) is 0.0141. The molecule has 1 aromatic heterocycles. The summed E-state index contributed by atoms with van der Waals surface area (Å²) in [5.74, 6) is 0. The van der Waals surface area contributed by atoms with Gasteiger partial charge in [0.1, 0.15) is 11.2 Å². The van der Waals surface area contributed by atoms with Gasteiger partial charge in [-0.05, 0) is 138 Å². The molecule has 13 aromatic rings. The molecule has 0 spiro atoms. The number of para-hydroxylation sites is 2. The number of nitrogens with zero attached hydrogens (tertiary/aromatic N) is 1. The fourth-order valence-electron chi connectivity index (χ4n) is 11.7. The molecule has 0 amide bonds. The highest BCUT2D eigenvalue weighted by atomic mass is 16.3. The monoisotopic (exact) mass is 929 g/mol. The smallest absolute Gasteiger partial charge is 0.143 e. The molecule has 14 rings (SSSR count). The van der Waals surface area contributed by atoms with E-state index >= 15 is 0 Å². The number of furan rings is 1. The first-order valence-corrected chi connectivity index (χ1v) is 25.1. The molecule has 0 bridgehead atoms. The van der Waals surface area contributed by atoms with E-state index in [9.17, 15) is 0 Å². The summed E-state index contributed by atoms with van der Waals surface area (Å²) in [5, 5.41) is 4.76. The lowest BCUT2D eigenvalue weighted by Crippen LogP contribution is -2.28. The lowest BCUT2D eigenvalue weighted by molar-refractivity contribution is 0.670. The van der Waals surface area contributed by atoms with Crippen molar-refractivity contribution in [3.8, 4) is 55.6 Å². The Kier molecular flexibility index (Phi) is 10.1. The Morgan fingerprint density at radius 2 is 0.753 bits per heavy atom. The molecule has 1 unspecified atom stereocenters. The molecule has 73 heavy (non-hydrogen) atoms. The van der Waals surface area contributed by atoms with Crippen LogP contribution in [0.2, 0.25) is 0 Å². The third-order valence-corrected chi connectivity index (χ3v) is 15.2. The predicted molar refractivity (Wildman–Crippen MR) is 305 cm³/mol. The van der Waals surface area contributed by atoms with E-state index in [0.29, 0.717) is 0 Å². The van der Waals surface area contributed by atoms with Crippen molar-refractivity contribution in [1.82, 2.24) is 0 Å². The van der Waals surface area contributed by atoms with Gasteiger partial charge >= 0.3 is 0 Å². The van der Waals surface area contributed by atoms with Crippen molar-refractivity contribution in [2.75, 3.05) is 4.90 Å². The summed E-state index contributed by atoms with van der Waals surface area (Å²) < 4.78 is 6.46. The molecule has 0 saturated carbocycles. The van der Waals surface area contributed by atoms with Gasteiger partial charge in [-0.25, -0.2) is 0 Å². The molecular weight excluding hydrogens is 883 g/mol. The molecule has 342 valence electrons. The molecule has 1 aliphatic carbocycles. The normalized spacial score (nSPS) is 13.8. The molecule has 0 radical (unpaired) electrons. The van der Waals surface area contributed by atoms with E-state index in [2.05, 4.69) is 278 Å². The van der Waals surface area contributed by atoms with Crippen LogP contribution in [0.1, 0.15) is 22.3 Å². The summed E-state index contributed by atoms with van der Waals surface area (Å²) in [6.45, 7) is 0. The van der Waals surface area contributed by atoms with Gasteiger partial charge in [0.05, 0.1) is 5.41 Å². The minimum atomic E-state index is -0.498. The Bertz CT molecular complexity index is 4160. The number of fused-ring (bicyclic) bond motifs is 7. The summed E-state index contributed by atoms with van der Waals surface area (Å²) in [5.41, 5.74) is 21.5. The molecule has 0 saturated heterocycles. The SMILES string of the molecule is c1ccc(-c2ccc(N(c3ccc(-c4ccc5c(c4)-c4ccccc4C5(c4ccccc4)c4ccc(-c5ccc6ccccc6c5)cc4)cc3)c3ccc(-c4cccc5c4oc4ccccc45)cc3)cc2)cc1. The number of hydrogen-bond acceptors (Lipinski definition) is 2. The molecule has 0 fully saturated rings. The van der Waals surface area contributed by atoms with Crippen LogP contribution in [0.4, 0.5) is 17.1 Å². The summed E-state index contributed by atoms with van der Waals surface area (Å²) in [6.07, 6.45) is 0. The molecular formula is C71H47NO. The zero-order chi connectivity index (χ0) is 48.3. The van der Waals surface area contributed by atoms with Crippen LogP contribution in [0.3, 0.4) is 0 Å². The first kappa shape index (κ1) is 42.4. The molecule has 0 aliphatic heterocycles. The minimum Gasteiger partial charge on any atom is -0.455 e. The number of benzene rings is 12. The Hall–Kier alpha value is -9.50. The van der Waals surface area contributed by atoms with Gasteiger partial charge in [-0.15, -0.1) is 0 Å². The van der Waals surface area contributed by atoms with Crippen molar-refractivity contribution in [1.29, 1.82) is 0 Å². The summed E-state index contributed by atoms with van der Waals surface area (Å²) in [4.78, 5) is 2.35. The Morgan fingerprint density at radius 3 is 1.48 bits per heavy atom. The van der Waals surface area contributed by atoms with Gasteiger partial charge in [0.15, 0.2) is 0 Å². The van der Waals surface area contributed by atoms with E-state index in [4.69, 9.17) is 4.42 Å². The van der Waals surface area contributed by atoms with E-state index in [0.717, 1.165) is 55.7 Å². The van der Waals surface area contributed by atoms with Gasteiger partial charge in [-0.3, -0.25) is 0 Å². The average molecular weight is 930 g/mol. The van der Waals surface area contributed by atoms with Crippen LogP contribution in [-0.4, -0.2) is 0 Å². The van der Waals surface area contributed by atoms with Crippen molar-refractivity contribution in [3.63, 3.8) is 0 Å². The Morgan fingerprint density at radius 1 is 0.274 bits per heavy atom. The number of rotatable bonds is 9. The van der Waals surface area contributed by atoms with Crippen LogP contribution in [0, 0.1) is 0 Å². The highest BCUT2D eigenvalue weighted by molar-refractivity contribution is 6.09. The van der Waals surface area contributed by atoms with Crippen molar-refractivity contribution >= 4 is 49.8 Å². The topological polar surface area (TPSA) is 16.4 Å². The predicted octanol–water partition coefficient (Wildman–Crippen LogP) is 19.2. The number of anilines is 3. The summed E-state index contributed by atoms with van der Waals surface area (Å²) in [7, 11) is 0. The van der Waals surface area contributed by atoms with E-state index in [1.54, 1.807) is 0 Å². The zero-order valence-corrected chi connectivity index (χ0v) is 40.0. The fourth-order valence-corrected chi connectivity index (χ4v) is 11.7. The van der Waals surface area contributed by atoms with Crippen molar-refractivity contribution < 1.29 is 4.42 Å².